The lowest BCUT2D eigenvalue weighted by Crippen LogP contribution is -2.24. The Balaban J connectivity index is 2.41. The minimum absolute atomic E-state index is 0.0378. The Kier molecular flexibility index (Phi) is 8.26. The standard InChI is InChI=1S/C16H27NO3/c1-3-5-10-19-11-13(18)12-20-16-9-7-6-8-14(16)15(17)4-2/h6-9,13,15,18H,3-5,10-12,17H2,1-2H3. The third-order valence-electron chi connectivity index (χ3n) is 3.14. The van der Waals surface area contributed by atoms with Gasteiger partial charge in [0.15, 0.2) is 0 Å². The molecule has 4 nitrogen and oxygen atoms in total. The molecular formula is C16H27NO3. The minimum Gasteiger partial charge on any atom is -0.490 e. The summed E-state index contributed by atoms with van der Waals surface area (Å²) in [5.41, 5.74) is 7.03. The topological polar surface area (TPSA) is 64.7 Å². The smallest absolute Gasteiger partial charge is 0.124 e. The number of para-hydroxylation sites is 1. The summed E-state index contributed by atoms with van der Waals surface area (Å²) in [6.07, 6.45) is 2.34. The van der Waals surface area contributed by atoms with Gasteiger partial charge in [0.2, 0.25) is 0 Å². The summed E-state index contributed by atoms with van der Waals surface area (Å²) in [5, 5.41) is 9.82. The maximum atomic E-state index is 9.82. The van der Waals surface area contributed by atoms with Crippen LogP contribution >= 0.6 is 0 Å². The monoisotopic (exact) mass is 281 g/mol. The second kappa shape index (κ2) is 9.75. The molecule has 1 aromatic carbocycles. The molecule has 0 saturated carbocycles. The summed E-state index contributed by atoms with van der Waals surface area (Å²) in [6.45, 7) is 5.36. The number of aliphatic hydroxyl groups is 1. The summed E-state index contributed by atoms with van der Waals surface area (Å²) >= 11 is 0. The molecular weight excluding hydrogens is 254 g/mol. The van der Waals surface area contributed by atoms with E-state index in [1.54, 1.807) is 0 Å². The molecule has 3 N–H and O–H groups in total. The van der Waals surface area contributed by atoms with Crippen LogP contribution in [0.1, 0.15) is 44.7 Å². The third-order valence-corrected chi connectivity index (χ3v) is 3.14. The van der Waals surface area contributed by atoms with Crippen LogP contribution in [0.5, 0.6) is 5.75 Å². The first-order chi connectivity index (χ1) is 9.69. The van der Waals surface area contributed by atoms with Crippen molar-refractivity contribution in [1.82, 2.24) is 0 Å². The molecule has 0 radical (unpaired) electrons. The zero-order chi connectivity index (χ0) is 14.8. The second-order valence-corrected chi connectivity index (χ2v) is 4.95. The van der Waals surface area contributed by atoms with Crippen LogP contribution in [0, 0.1) is 0 Å². The molecule has 0 saturated heterocycles. The zero-order valence-electron chi connectivity index (χ0n) is 12.5. The summed E-state index contributed by atoms with van der Waals surface area (Å²) in [5.74, 6) is 0.745. The SMILES string of the molecule is CCCCOCC(O)COc1ccccc1C(N)CC. The first kappa shape index (κ1) is 17.0. The maximum Gasteiger partial charge on any atom is 0.124 e. The van der Waals surface area contributed by atoms with E-state index < -0.39 is 6.10 Å². The van der Waals surface area contributed by atoms with Crippen LogP contribution in [0.2, 0.25) is 0 Å². The third kappa shape index (κ3) is 5.90. The highest BCUT2D eigenvalue weighted by molar-refractivity contribution is 5.35. The molecule has 0 fully saturated rings. The average Bonchev–Trinajstić information content (AvgIpc) is 2.49. The van der Waals surface area contributed by atoms with Gasteiger partial charge in [-0.2, -0.15) is 0 Å². The van der Waals surface area contributed by atoms with Crippen LogP contribution in [0.3, 0.4) is 0 Å². The molecule has 0 aliphatic rings. The molecule has 2 unspecified atom stereocenters. The number of unbranched alkanes of at least 4 members (excludes halogenated alkanes) is 1. The fraction of sp³-hybridized carbons (Fsp3) is 0.625. The van der Waals surface area contributed by atoms with E-state index in [1.165, 1.54) is 0 Å². The van der Waals surface area contributed by atoms with Gasteiger partial charge in [0.25, 0.3) is 0 Å². The Labute approximate surface area is 121 Å². The van der Waals surface area contributed by atoms with Gasteiger partial charge < -0.3 is 20.3 Å². The molecule has 1 aromatic rings. The highest BCUT2D eigenvalue weighted by atomic mass is 16.5. The quantitative estimate of drug-likeness (QED) is 0.647. The van der Waals surface area contributed by atoms with Gasteiger partial charge in [-0.15, -0.1) is 0 Å². The molecule has 1 rings (SSSR count). The van der Waals surface area contributed by atoms with Crippen molar-refractivity contribution in [2.45, 2.75) is 45.3 Å². The van der Waals surface area contributed by atoms with E-state index in [0.29, 0.717) is 13.2 Å². The number of rotatable bonds is 10. The van der Waals surface area contributed by atoms with Gasteiger partial charge in [-0.1, -0.05) is 38.5 Å². The molecule has 0 spiro atoms. The fourth-order valence-corrected chi connectivity index (χ4v) is 1.84. The molecule has 0 amide bonds. The summed E-state index contributed by atoms with van der Waals surface area (Å²) in [4.78, 5) is 0. The molecule has 0 aliphatic heterocycles. The summed E-state index contributed by atoms with van der Waals surface area (Å²) < 4.78 is 11.0. The highest BCUT2D eigenvalue weighted by Crippen LogP contribution is 2.25. The van der Waals surface area contributed by atoms with Crippen molar-refractivity contribution in [3.05, 3.63) is 29.8 Å². The van der Waals surface area contributed by atoms with Crippen molar-refractivity contribution in [3.8, 4) is 5.75 Å². The largest absolute Gasteiger partial charge is 0.490 e. The van der Waals surface area contributed by atoms with Gasteiger partial charge in [-0.25, -0.2) is 0 Å². The Hall–Kier alpha value is -1.10. The first-order valence-electron chi connectivity index (χ1n) is 7.42. The van der Waals surface area contributed by atoms with E-state index in [0.717, 1.165) is 30.6 Å². The van der Waals surface area contributed by atoms with Gasteiger partial charge in [-0.3, -0.25) is 0 Å². The molecule has 2 atom stereocenters. The Bertz CT molecular complexity index is 370. The molecule has 0 aliphatic carbocycles. The van der Waals surface area contributed by atoms with Crippen LogP contribution in [-0.2, 0) is 4.74 Å². The normalized spacial score (nSPS) is 14.0. The van der Waals surface area contributed by atoms with Crippen molar-refractivity contribution < 1.29 is 14.6 Å². The molecule has 0 bridgehead atoms. The van der Waals surface area contributed by atoms with Gasteiger partial charge in [0.05, 0.1) is 6.61 Å². The minimum atomic E-state index is -0.613. The van der Waals surface area contributed by atoms with Crippen molar-refractivity contribution in [2.24, 2.45) is 5.73 Å². The van der Waals surface area contributed by atoms with Gasteiger partial charge >= 0.3 is 0 Å². The predicted octanol–water partition coefficient (Wildman–Crippen LogP) is 2.65. The summed E-state index contributed by atoms with van der Waals surface area (Å²) in [6, 6.07) is 7.67. The zero-order valence-corrected chi connectivity index (χ0v) is 12.5. The molecule has 4 heteroatoms. The Morgan fingerprint density at radius 1 is 1.20 bits per heavy atom. The lowest BCUT2D eigenvalue weighted by molar-refractivity contribution is 0.0111. The van der Waals surface area contributed by atoms with Crippen LogP contribution in [0.4, 0.5) is 0 Å². The van der Waals surface area contributed by atoms with Gasteiger partial charge in [0.1, 0.15) is 18.5 Å². The Morgan fingerprint density at radius 2 is 1.95 bits per heavy atom. The van der Waals surface area contributed by atoms with Crippen molar-refractivity contribution in [1.29, 1.82) is 0 Å². The number of aliphatic hydroxyl groups excluding tert-OH is 1. The Morgan fingerprint density at radius 3 is 2.65 bits per heavy atom. The van der Waals surface area contributed by atoms with Crippen molar-refractivity contribution in [2.75, 3.05) is 19.8 Å². The predicted molar refractivity (Wildman–Crippen MR) is 80.9 cm³/mol. The number of nitrogens with two attached hydrogens (primary N) is 1. The summed E-state index contributed by atoms with van der Waals surface area (Å²) in [7, 11) is 0. The molecule has 0 heterocycles. The average molecular weight is 281 g/mol. The van der Waals surface area contributed by atoms with Gasteiger partial charge in [-0.05, 0) is 18.9 Å². The van der Waals surface area contributed by atoms with E-state index in [2.05, 4.69) is 6.92 Å². The van der Waals surface area contributed by atoms with E-state index in [-0.39, 0.29) is 12.6 Å². The van der Waals surface area contributed by atoms with E-state index in [1.807, 2.05) is 31.2 Å². The number of benzene rings is 1. The lowest BCUT2D eigenvalue weighted by Gasteiger charge is -2.17. The second-order valence-electron chi connectivity index (χ2n) is 4.95. The molecule has 20 heavy (non-hydrogen) atoms. The van der Waals surface area contributed by atoms with E-state index in [4.69, 9.17) is 15.2 Å². The highest BCUT2D eigenvalue weighted by Gasteiger charge is 2.12. The lowest BCUT2D eigenvalue weighted by atomic mass is 10.0. The fourth-order valence-electron chi connectivity index (χ4n) is 1.84. The molecule has 0 aromatic heterocycles. The maximum absolute atomic E-state index is 9.82. The first-order valence-corrected chi connectivity index (χ1v) is 7.42. The van der Waals surface area contributed by atoms with E-state index in [9.17, 15) is 5.11 Å². The van der Waals surface area contributed by atoms with Crippen LogP contribution in [0.25, 0.3) is 0 Å². The van der Waals surface area contributed by atoms with Crippen LogP contribution < -0.4 is 10.5 Å². The van der Waals surface area contributed by atoms with Crippen molar-refractivity contribution in [3.63, 3.8) is 0 Å². The van der Waals surface area contributed by atoms with Crippen molar-refractivity contribution >= 4 is 0 Å². The van der Waals surface area contributed by atoms with Gasteiger partial charge in [0, 0.05) is 18.2 Å². The molecule has 114 valence electrons. The number of hydrogen-bond acceptors (Lipinski definition) is 4. The number of hydrogen-bond donors (Lipinski definition) is 2. The van der Waals surface area contributed by atoms with Crippen LogP contribution in [0.15, 0.2) is 24.3 Å². The van der Waals surface area contributed by atoms with Crippen LogP contribution in [-0.4, -0.2) is 31.0 Å². The number of ether oxygens (including phenoxy) is 2. The van der Waals surface area contributed by atoms with E-state index >= 15 is 0 Å².